The maximum Gasteiger partial charge on any atom is 0.433 e. The van der Waals surface area contributed by atoms with Crippen LogP contribution in [0.15, 0.2) is 36.5 Å². The van der Waals surface area contributed by atoms with Crippen LogP contribution >= 0.6 is 0 Å². The maximum atomic E-state index is 13.1. The van der Waals surface area contributed by atoms with Crippen molar-refractivity contribution in [2.45, 2.75) is 63.8 Å². The molecule has 178 valence electrons. The van der Waals surface area contributed by atoms with Gasteiger partial charge in [0.1, 0.15) is 11.4 Å². The molecule has 0 unspecified atom stereocenters. The molecule has 1 aliphatic rings. The minimum absolute atomic E-state index is 0.0320. The first kappa shape index (κ1) is 22.5. The highest BCUT2D eigenvalue weighted by Crippen LogP contribution is 2.36. The number of nitrogens with zero attached hydrogens (tertiary/aromatic N) is 5. The van der Waals surface area contributed by atoms with Crippen LogP contribution in [0.1, 0.15) is 63.3 Å². The monoisotopic (exact) mass is 470 g/mol. The third kappa shape index (κ3) is 4.29. The van der Waals surface area contributed by atoms with Crippen molar-refractivity contribution in [1.29, 1.82) is 0 Å². The first-order valence-electron chi connectivity index (χ1n) is 11.3. The molecular formula is C24H25F3N6O. The van der Waals surface area contributed by atoms with E-state index in [4.69, 9.17) is 5.10 Å². The number of aromatic amines is 1. The first-order valence-corrected chi connectivity index (χ1v) is 11.3. The molecule has 34 heavy (non-hydrogen) atoms. The highest BCUT2D eigenvalue weighted by Gasteiger charge is 2.33. The molecule has 0 spiro atoms. The minimum Gasteiger partial charge on any atom is -0.386 e. The summed E-state index contributed by atoms with van der Waals surface area (Å²) in [6.07, 6.45) is 3.25. The van der Waals surface area contributed by atoms with Crippen molar-refractivity contribution in [2.75, 3.05) is 0 Å². The average molecular weight is 470 g/mol. The largest absolute Gasteiger partial charge is 0.433 e. The van der Waals surface area contributed by atoms with Gasteiger partial charge in [-0.15, -0.1) is 10.2 Å². The number of halogens is 3. The van der Waals surface area contributed by atoms with Crippen molar-refractivity contribution in [3.8, 4) is 22.9 Å². The van der Waals surface area contributed by atoms with E-state index in [1.807, 2.05) is 23.0 Å². The summed E-state index contributed by atoms with van der Waals surface area (Å²) in [5.74, 6) is 0.444. The van der Waals surface area contributed by atoms with Crippen molar-refractivity contribution in [1.82, 2.24) is 29.9 Å². The molecule has 0 amide bonds. The maximum absolute atomic E-state index is 13.1. The summed E-state index contributed by atoms with van der Waals surface area (Å²) in [5, 5.41) is 24.7. The van der Waals surface area contributed by atoms with Crippen molar-refractivity contribution in [3.63, 3.8) is 0 Å². The number of rotatable bonds is 4. The smallest absolute Gasteiger partial charge is 0.386 e. The molecule has 5 rings (SSSR count). The van der Waals surface area contributed by atoms with Gasteiger partial charge in [0, 0.05) is 17.1 Å². The molecule has 1 aromatic carbocycles. The van der Waals surface area contributed by atoms with E-state index >= 15 is 0 Å². The molecule has 0 atom stereocenters. The quantitative estimate of drug-likeness (QED) is 0.403. The van der Waals surface area contributed by atoms with Crippen molar-refractivity contribution in [2.24, 2.45) is 0 Å². The van der Waals surface area contributed by atoms with Gasteiger partial charge in [-0.05, 0) is 56.5 Å². The Morgan fingerprint density at radius 3 is 2.47 bits per heavy atom. The average Bonchev–Trinajstić information content (AvgIpc) is 3.45. The van der Waals surface area contributed by atoms with E-state index < -0.39 is 17.5 Å². The summed E-state index contributed by atoms with van der Waals surface area (Å²) in [4.78, 5) is 6.66. The molecule has 1 aliphatic carbocycles. The molecule has 7 nitrogen and oxygen atoms in total. The van der Waals surface area contributed by atoms with Gasteiger partial charge in [-0.2, -0.15) is 18.3 Å². The Labute approximate surface area is 194 Å². The van der Waals surface area contributed by atoms with Crippen molar-refractivity contribution in [3.05, 3.63) is 47.8 Å². The van der Waals surface area contributed by atoms with Gasteiger partial charge in [-0.25, -0.2) is 4.98 Å². The molecule has 4 aromatic rings. The molecule has 3 aromatic heterocycles. The number of aromatic nitrogens is 6. The molecule has 0 saturated heterocycles. The summed E-state index contributed by atoms with van der Waals surface area (Å²) in [6.45, 7) is 3.34. The number of nitrogens with one attached hydrogen (secondary N) is 1. The third-order valence-corrected chi connectivity index (χ3v) is 6.29. The predicted molar refractivity (Wildman–Crippen MR) is 121 cm³/mol. The van der Waals surface area contributed by atoms with E-state index in [0.29, 0.717) is 23.0 Å². The van der Waals surface area contributed by atoms with Crippen LogP contribution in [-0.4, -0.2) is 35.1 Å². The van der Waals surface area contributed by atoms with Gasteiger partial charge in [0.25, 0.3) is 0 Å². The summed E-state index contributed by atoms with van der Waals surface area (Å²) in [6, 6.07) is 7.72. The molecule has 10 heteroatoms. The zero-order valence-corrected chi connectivity index (χ0v) is 18.9. The van der Waals surface area contributed by atoms with Gasteiger partial charge in [0.05, 0.1) is 17.2 Å². The zero-order chi connectivity index (χ0) is 24.1. The van der Waals surface area contributed by atoms with Crippen LogP contribution in [-0.2, 0) is 11.8 Å². The second-order valence-electron chi connectivity index (χ2n) is 9.34. The van der Waals surface area contributed by atoms with Crippen LogP contribution in [0.2, 0.25) is 0 Å². The van der Waals surface area contributed by atoms with Crippen LogP contribution in [0.25, 0.3) is 33.8 Å². The Balaban J connectivity index is 1.57. The topological polar surface area (TPSA) is 92.5 Å². The second-order valence-corrected chi connectivity index (χ2v) is 9.34. The lowest BCUT2D eigenvalue weighted by atomic mass is 9.91. The standard InChI is InChI=1S/C24H25F3N6O/c1-23(2,34)17-12-19-14(13-33(32-19)15-7-4-3-5-8-15)11-16(17)21-29-22(31-30-21)18-9-6-10-20(28-18)24(25,26)27/h6,9-13,15,34H,3-5,7-8H2,1-2H3,(H,29,30,31). The van der Waals surface area contributed by atoms with Crippen molar-refractivity contribution < 1.29 is 18.3 Å². The predicted octanol–water partition coefficient (Wildman–Crippen LogP) is 5.63. The number of alkyl halides is 3. The number of fused-ring (bicyclic) bond motifs is 1. The van der Waals surface area contributed by atoms with E-state index in [9.17, 15) is 18.3 Å². The second kappa shape index (κ2) is 8.19. The summed E-state index contributed by atoms with van der Waals surface area (Å²) in [7, 11) is 0. The van der Waals surface area contributed by atoms with Gasteiger partial charge in [-0.3, -0.25) is 4.68 Å². The SMILES string of the molecule is CC(C)(O)c1cc2nn(C3CCCCC3)cc2cc1-c1nnc(-c2cccc(C(F)(F)F)n2)[nH]1. The van der Waals surface area contributed by atoms with Gasteiger partial charge in [0.2, 0.25) is 0 Å². The molecule has 3 heterocycles. The van der Waals surface area contributed by atoms with Crippen molar-refractivity contribution >= 4 is 10.9 Å². The Morgan fingerprint density at radius 1 is 1.03 bits per heavy atom. The third-order valence-electron chi connectivity index (χ3n) is 6.29. The zero-order valence-electron chi connectivity index (χ0n) is 18.9. The number of H-pyrrole nitrogens is 1. The fourth-order valence-corrected chi connectivity index (χ4v) is 4.55. The van der Waals surface area contributed by atoms with Crippen LogP contribution in [0, 0.1) is 0 Å². The lowest BCUT2D eigenvalue weighted by Crippen LogP contribution is -2.17. The molecule has 0 bridgehead atoms. The minimum atomic E-state index is -4.56. The molecule has 2 N–H and O–H groups in total. The Morgan fingerprint density at radius 2 is 1.76 bits per heavy atom. The van der Waals surface area contributed by atoms with Crippen LogP contribution in [0.4, 0.5) is 13.2 Å². The van der Waals surface area contributed by atoms with E-state index in [1.54, 1.807) is 13.8 Å². The molecule has 1 saturated carbocycles. The van der Waals surface area contributed by atoms with Gasteiger partial charge >= 0.3 is 6.18 Å². The van der Waals surface area contributed by atoms with E-state index in [2.05, 4.69) is 20.2 Å². The lowest BCUT2D eigenvalue weighted by Gasteiger charge is -2.21. The summed E-state index contributed by atoms with van der Waals surface area (Å²) >= 11 is 0. The molecule has 0 aliphatic heterocycles. The Bertz CT molecular complexity index is 1330. The fraction of sp³-hybridized carbons (Fsp3) is 0.417. The van der Waals surface area contributed by atoms with Gasteiger partial charge in [0.15, 0.2) is 11.6 Å². The number of pyridine rings is 1. The van der Waals surface area contributed by atoms with Crippen LogP contribution in [0.3, 0.4) is 0 Å². The summed E-state index contributed by atoms with van der Waals surface area (Å²) < 4.78 is 41.2. The van der Waals surface area contributed by atoms with Crippen LogP contribution in [0.5, 0.6) is 0 Å². The van der Waals surface area contributed by atoms with E-state index in [0.717, 1.165) is 29.8 Å². The molecule has 1 fully saturated rings. The first-order chi connectivity index (χ1) is 16.1. The van der Waals surface area contributed by atoms with E-state index in [-0.39, 0.29) is 11.5 Å². The Hall–Kier alpha value is -3.27. The molecule has 0 radical (unpaired) electrons. The highest BCUT2D eigenvalue weighted by atomic mass is 19.4. The van der Waals surface area contributed by atoms with Crippen LogP contribution < -0.4 is 0 Å². The molecular weight excluding hydrogens is 445 g/mol. The number of hydrogen-bond acceptors (Lipinski definition) is 5. The number of aliphatic hydroxyl groups is 1. The highest BCUT2D eigenvalue weighted by molar-refractivity contribution is 5.85. The lowest BCUT2D eigenvalue weighted by molar-refractivity contribution is -0.141. The van der Waals surface area contributed by atoms with Gasteiger partial charge < -0.3 is 10.1 Å². The Kier molecular flexibility index (Phi) is 5.43. The number of benzene rings is 1. The van der Waals surface area contributed by atoms with Gasteiger partial charge in [-0.1, -0.05) is 25.3 Å². The summed E-state index contributed by atoms with van der Waals surface area (Å²) in [5.41, 5.74) is -0.214. The normalized spacial score (nSPS) is 15.8. The number of hydrogen-bond donors (Lipinski definition) is 2. The fourth-order valence-electron chi connectivity index (χ4n) is 4.55. The van der Waals surface area contributed by atoms with E-state index in [1.165, 1.54) is 31.4 Å².